The average Bonchev–Trinajstić information content (AvgIpc) is 2.92. The van der Waals surface area contributed by atoms with E-state index in [2.05, 4.69) is 16.0 Å². The number of hydrogen-bond acceptors (Lipinski definition) is 2. The number of urea groups is 2. The molecule has 6 nitrogen and oxygen atoms in total. The molecular weight excluding hydrogens is 472 g/mol. The third kappa shape index (κ3) is 7.25. The first kappa shape index (κ1) is 25.6. The van der Waals surface area contributed by atoms with Crippen LogP contribution in [0.3, 0.4) is 0 Å². The second-order valence-electron chi connectivity index (χ2n) is 9.23. The van der Waals surface area contributed by atoms with E-state index in [4.69, 9.17) is 11.6 Å². The van der Waals surface area contributed by atoms with Crippen molar-refractivity contribution in [3.8, 4) is 0 Å². The lowest BCUT2D eigenvalue weighted by Crippen LogP contribution is -2.41. The molecule has 0 aliphatic heterocycles. The van der Waals surface area contributed by atoms with Crippen LogP contribution in [-0.2, 0) is 6.54 Å². The Morgan fingerprint density at radius 2 is 1.19 bits per heavy atom. The maximum atomic E-state index is 13.2. The normalized spacial score (nSPS) is 17.1. The van der Waals surface area contributed by atoms with Crippen molar-refractivity contribution in [1.29, 1.82) is 0 Å². The van der Waals surface area contributed by atoms with Crippen LogP contribution in [0.4, 0.5) is 21.0 Å². The predicted molar refractivity (Wildman–Crippen MR) is 146 cm³/mol. The van der Waals surface area contributed by atoms with E-state index in [1.807, 2.05) is 84.9 Å². The van der Waals surface area contributed by atoms with Crippen LogP contribution in [0.5, 0.6) is 0 Å². The van der Waals surface area contributed by atoms with E-state index in [1.54, 1.807) is 4.90 Å². The minimum atomic E-state index is -0.175. The lowest BCUT2D eigenvalue weighted by Gasteiger charge is -2.30. The lowest BCUT2D eigenvalue weighted by atomic mass is 9.82. The standard InChI is InChI=1S/C29H33ClN4O2/c30-27-14-8-7-9-24(27)21-32-28(35)31-19-22-15-17-23(18-16-22)20-33-29(36)34(25-10-3-1-4-11-25)26-12-5-2-6-13-26/h1-14,22-23H,15-21H2,(H,33,36)(H2,31,32,35). The van der Waals surface area contributed by atoms with E-state index in [0.29, 0.717) is 36.5 Å². The maximum absolute atomic E-state index is 13.2. The van der Waals surface area contributed by atoms with Crippen molar-refractivity contribution in [2.45, 2.75) is 32.2 Å². The third-order valence-corrected chi connectivity index (χ3v) is 7.06. The Balaban J connectivity index is 1.19. The van der Waals surface area contributed by atoms with E-state index < -0.39 is 0 Å². The van der Waals surface area contributed by atoms with Crippen LogP contribution in [0.1, 0.15) is 31.2 Å². The highest BCUT2D eigenvalue weighted by atomic mass is 35.5. The average molecular weight is 505 g/mol. The quantitative estimate of drug-likeness (QED) is 0.328. The van der Waals surface area contributed by atoms with Crippen LogP contribution in [-0.4, -0.2) is 25.2 Å². The summed E-state index contributed by atoms with van der Waals surface area (Å²) in [6.07, 6.45) is 4.13. The molecule has 0 radical (unpaired) electrons. The molecule has 0 unspecified atom stereocenters. The number of hydrogen-bond donors (Lipinski definition) is 3. The first-order valence-corrected chi connectivity index (χ1v) is 12.9. The summed E-state index contributed by atoms with van der Waals surface area (Å²) in [5.74, 6) is 0.890. The SMILES string of the molecule is O=C(NCc1ccccc1Cl)NCC1CCC(CNC(=O)N(c2ccccc2)c2ccccc2)CC1. The number of benzene rings is 3. The van der Waals surface area contributed by atoms with E-state index >= 15 is 0 Å². The number of nitrogens with one attached hydrogen (secondary N) is 3. The minimum absolute atomic E-state index is 0.119. The molecule has 36 heavy (non-hydrogen) atoms. The summed E-state index contributed by atoms with van der Waals surface area (Å²) in [6.45, 7) is 1.71. The first-order valence-electron chi connectivity index (χ1n) is 12.5. The molecule has 3 N–H and O–H groups in total. The number of nitrogens with zero attached hydrogens (tertiary/aromatic N) is 1. The van der Waals surface area contributed by atoms with Gasteiger partial charge >= 0.3 is 12.1 Å². The van der Waals surface area contributed by atoms with Crippen molar-refractivity contribution in [3.05, 3.63) is 95.5 Å². The second-order valence-corrected chi connectivity index (χ2v) is 9.64. The number of amides is 4. The molecule has 0 bridgehead atoms. The summed E-state index contributed by atoms with van der Waals surface area (Å²) in [5, 5.41) is 9.66. The molecule has 188 valence electrons. The highest BCUT2D eigenvalue weighted by Crippen LogP contribution is 2.29. The van der Waals surface area contributed by atoms with Gasteiger partial charge in [0.1, 0.15) is 0 Å². The molecule has 4 amide bonds. The molecule has 4 rings (SSSR count). The molecule has 1 saturated carbocycles. The number of carbonyl (C=O) groups is 2. The number of para-hydroxylation sites is 2. The molecule has 0 aromatic heterocycles. The third-order valence-electron chi connectivity index (χ3n) is 6.69. The maximum Gasteiger partial charge on any atom is 0.326 e. The smallest absolute Gasteiger partial charge is 0.326 e. The van der Waals surface area contributed by atoms with E-state index in [1.165, 1.54) is 0 Å². The van der Waals surface area contributed by atoms with Gasteiger partial charge in [-0.15, -0.1) is 0 Å². The Hall–Kier alpha value is -3.51. The summed E-state index contributed by atoms with van der Waals surface area (Å²) in [5.41, 5.74) is 2.57. The number of halogens is 1. The van der Waals surface area contributed by atoms with Gasteiger partial charge in [-0.1, -0.05) is 66.2 Å². The van der Waals surface area contributed by atoms with Gasteiger partial charge in [0.25, 0.3) is 0 Å². The molecule has 3 aromatic rings. The van der Waals surface area contributed by atoms with Crippen LogP contribution in [0, 0.1) is 11.8 Å². The van der Waals surface area contributed by atoms with E-state index in [9.17, 15) is 9.59 Å². The molecule has 0 spiro atoms. The van der Waals surface area contributed by atoms with Crippen molar-refractivity contribution in [3.63, 3.8) is 0 Å². The highest BCUT2D eigenvalue weighted by Gasteiger charge is 2.24. The Morgan fingerprint density at radius 1 is 0.694 bits per heavy atom. The van der Waals surface area contributed by atoms with Gasteiger partial charge in [-0.2, -0.15) is 0 Å². The fraction of sp³-hybridized carbons (Fsp3) is 0.310. The summed E-state index contributed by atoms with van der Waals surface area (Å²) in [6, 6.07) is 26.6. The van der Waals surface area contributed by atoms with Gasteiger partial charge in [-0.05, 0) is 73.4 Å². The zero-order valence-corrected chi connectivity index (χ0v) is 21.1. The molecule has 7 heteroatoms. The summed E-state index contributed by atoms with van der Waals surface area (Å²) in [7, 11) is 0. The van der Waals surface area contributed by atoms with Crippen LogP contribution in [0.15, 0.2) is 84.9 Å². The van der Waals surface area contributed by atoms with Crippen LogP contribution in [0.2, 0.25) is 5.02 Å². The Kier molecular flexibility index (Phi) is 9.22. The van der Waals surface area contributed by atoms with Gasteiger partial charge in [0, 0.05) is 24.7 Å². The Bertz CT molecular complexity index is 1080. The van der Waals surface area contributed by atoms with Crippen molar-refractivity contribution >= 4 is 35.0 Å². The van der Waals surface area contributed by atoms with Gasteiger partial charge in [-0.3, -0.25) is 4.90 Å². The van der Waals surface area contributed by atoms with Crippen molar-refractivity contribution in [1.82, 2.24) is 16.0 Å². The van der Waals surface area contributed by atoms with Crippen molar-refractivity contribution in [2.75, 3.05) is 18.0 Å². The van der Waals surface area contributed by atoms with Crippen LogP contribution >= 0.6 is 11.6 Å². The number of anilines is 2. The molecule has 0 saturated heterocycles. The van der Waals surface area contributed by atoms with Gasteiger partial charge < -0.3 is 16.0 Å². The predicted octanol–water partition coefficient (Wildman–Crippen LogP) is 6.49. The van der Waals surface area contributed by atoms with Gasteiger partial charge in [0.15, 0.2) is 0 Å². The molecule has 1 aliphatic carbocycles. The zero-order chi connectivity index (χ0) is 25.2. The second kappa shape index (κ2) is 13.0. The van der Waals surface area contributed by atoms with E-state index in [-0.39, 0.29) is 12.1 Å². The van der Waals surface area contributed by atoms with Crippen molar-refractivity contribution in [2.24, 2.45) is 11.8 Å². The summed E-state index contributed by atoms with van der Waals surface area (Å²) >= 11 is 6.14. The summed E-state index contributed by atoms with van der Waals surface area (Å²) in [4.78, 5) is 27.1. The fourth-order valence-electron chi connectivity index (χ4n) is 4.60. The van der Waals surface area contributed by atoms with Gasteiger partial charge in [0.2, 0.25) is 0 Å². The summed E-state index contributed by atoms with van der Waals surface area (Å²) < 4.78 is 0. The molecule has 0 atom stereocenters. The van der Waals surface area contributed by atoms with Crippen molar-refractivity contribution < 1.29 is 9.59 Å². The molecular formula is C29H33ClN4O2. The Morgan fingerprint density at radius 3 is 1.75 bits per heavy atom. The minimum Gasteiger partial charge on any atom is -0.338 e. The monoisotopic (exact) mass is 504 g/mol. The molecule has 1 fully saturated rings. The largest absolute Gasteiger partial charge is 0.338 e. The number of carbonyl (C=O) groups excluding carboxylic acids is 2. The van der Waals surface area contributed by atoms with Crippen LogP contribution in [0.25, 0.3) is 0 Å². The first-order chi connectivity index (χ1) is 17.6. The molecule has 0 heterocycles. The number of rotatable bonds is 8. The highest BCUT2D eigenvalue weighted by molar-refractivity contribution is 6.31. The fourth-order valence-corrected chi connectivity index (χ4v) is 4.81. The van der Waals surface area contributed by atoms with E-state index in [0.717, 1.165) is 42.6 Å². The Labute approximate surface area is 218 Å². The van der Waals surface area contributed by atoms with Gasteiger partial charge in [0.05, 0.1) is 11.4 Å². The topological polar surface area (TPSA) is 73.5 Å². The zero-order valence-electron chi connectivity index (χ0n) is 20.3. The molecule has 1 aliphatic rings. The lowest BCUT2D eigenvalue weighted by molar-refractivity contribution is 0.226. The van der Waals surface area contributed by atoms with Crippen LogP contribution < -0.4 is 20.9 Å². The molecule has 3 aromatic carbocycles. The van der Waals surface area contributed by atoms with Gasteiger partial charge in [-0.25, -0.2) is 9.59 Å².